The molecule has 4 aromatic rings. The van der Waals surface area contributed by atoms with Crippen molar-refractivity contribution in [3.8, 4) is 22.9 Å². The molecule has 156 valence electrons. The van der Waals surface area contributed by atoms with Crippen LogP contribution in [0.2, 0.25) is 0 Å². The van der Waals surface area contributed by atoms with Crippen LogP contribution in [-0.4, -0.2) is 28.2 Å². The normalized spacial score (nSPS) is 11.0. The van der Waals surface area contributed by atoms with Gasteiger partial charge in [-0.25, -0.2) is 5.10 Å². The van der Waals surface area contributed by atoms with Gasteiger partial charge in [0.1, 0.15) is 6.61 Å². The Hall–Kier alpha value is -3.71. The maximum Gasteiger partial charge on any atom is 0.216 e. The fourth-order valence-electron chi connectivity index (χ4n) is 3.03. The summed E-state index contributed by atoms with van der Waals surface area (Å²) in [6, 6.07) is 23.7. The van der Waals surface area contributed by atoms with Crippen molar-refractivity contribution in [1.82, 2.24) is 14.9 Å². The predicted molar refractivity (Wildman–Crippen MR) is 124 cm³/mol. The van der Waals surface area contributed by atoms with Gasteiger partial charge < -0.3 is 9.47 Å². The average Bonchev–Trinajstić information content (AvgIpc) is 3.17. The van der Waals surface area contributed by atoms with E-state index >= 15 is 0 Å². The smallest absolute Gasteiger partial charge is 0.216 e. The van der Waals surface area contributed by atoms with Crippen LogP contribution in [0.15, 0.2) is 77.9 Å². The molecule has 0 saturated heterocycles. The summed E-state index contributed by atoms with van der Waals surface area (Å²) in [5.41, 5.74) is 4.03. The van der Waals surface area contributed by atoms with Crippen LogP contribution in [0.25, 0.3) is 11.4 Å². The van der Waals surface area contributed by atoms with Crippen molar-refractivity contribution in [3.63, 3.8) is 0 Å². The number of aromatic amines is 1. The lowest BCUT2D eigenvalue weighted by Crippen LogP contribution is -1.99. The lowest BCUT2D eigenvalue weighted by molar-refractivity contribution is 0.284. The number of nitrogens with one attached hydrogen (secondary N) is 1. The highest BCUT2D eigenvalue weighted by molar-refractivity contribution is 7.71. The molecule has 0 amide bonds. The first-order valence-corrected chi connectivity index (χ1v) is 10.2. The van der Waals surface area contributed by atoms with Crippen LogP contribution in [-0.2, 0) is 6.61 Å². The van der Waals surface area contributed by atoms with E-state index in [1.807, 2.05) is 79.7 Å². The van der Waals surface area contributed by atoms with E-state index in [0.29, 0.717) is 28.7 Å². The summed E-state index contributed by atoms with van der Waals surface area (Å²) in [5, 5.41) is 11.7. The molecule has 0 spiro atoms. The molecule has 0 aliphatic rings. The van der Waals surface area contributed by atoms with Crippen molar-refractivity contribution in [2.45, 2.75) is 13.5 Å². The van der Waals surface area contributed by atoms with Crippen LogP contribution < -0.4 is 9.47 Å². The van der Waals surface area contributed by atoms with E-state index in [1.165, 1.54) is 5.56 Å². The first-order chi connectivity index (χ1) is 15.1. The Kier molecular flexibility index (Phi) is 6.24. The Morgan fingerprint density at radius 1 is 1.03 bits per heavy atom. The maximum atomic E-state index is 5.99. The van der Waals surface area contributed by atoms with Gasteiger partial charge in [-0.15, -0.1) is 0 Å². The first-order valence-electron chi connectivity index (χ1n) is 9.77. The molecule has 3 aromatic carbocycles. The summed E-state index contributed by atoms with van der Waals surface area (Å²) in [6.07, 6.45) is 1.72. The Balaban J connectivity index is 1.59. The van der Waals surface area contributed by atoms with Gasteiger partial charge in [-0.1, -0.05) is 60.2 Å². The summed E-state index contributed by atoms with van der Waals surface area (Å²) in [5.74, 6) is 1.95. The van der Waals surface area contributed by atoms with E-state index < -0.39 is 0 Å². The third-order valence-electron chi connectivity index (χ3n) is 4.71. The van der Waals surface area contributed by atoms with Gasteiger partial charge in [0.25, 0.3) is 0 Å². The molecule has 0 saturated carbocycles. The van der Waals surface area contributed by atoms with Crippen LogP contribution in [0.1, 0.15) is 16.7 Å². The van der Waals surface area contributed by atoms with Gasteiger partial charge in [-0.3, -0.25) is 0 Å². The second-order valence-corrected chi connectivity index (χ2v) is 7.35. The number of H-pyrrole nitrogens is 1. The van der Waals surface area contributed by atoms with Gasteiger partial charge in [0.05, 0.1) is 13.3 Å². The first kappa shape index (κ1) is 20.6. The Morgan fingerprint density at radius 3 is 2.55 bits per heavy atom. The van der Waals surface area contributed by atoms with Crippen molar-refractivity contribution >= 4 is 18.4 Å². The van der Waals surface area contributed by atoms with Gasteiger partial charge in [0, 0.05) is 5.56 Å². The highest BCUT2D eigenvalue weighted by Crippen LogP contribution is 2.28. The van der Waals surface area contributed by atoms with E-state index in [2.05, 4.69) is 15.3 Å². The number of aryl methyl sites for hydroxylation is 1. The van der Waals surface area contributed by atoms with Gasteiger partial charge in [0.2, 0.25) is 4.77 Å². The van der Waals surface area contributed by atoms with Crippen LogP contribution >= 0.6 is 12.2 Å². The van der Waals surface area contributed by atoms with E-state index in [4.69, 9.17) is 21.7 Å². The lowest BCUT2D eigenvalue weighted by Gasteiger charge is -2.11. The number of ether oxygens (including phenoxy) is 2. The van der Waals surface area contributed by atoms with Crippen molar-refractivity contribution in [1.29, 1.82) is 0 Å². The number of benzene rings is 3. The number of hydrogen-bond acceptors (Lipinski definition) is 5. The van der Waals surface area contributed by atoms with Gasteiger partial charge >= 0.3 is 0 Å². The zero-order chi connectivity index (χ0) is 21.6. The number of methoxy groups -OCH3 is 1. The van der Waals surface area contributed by atoms with Crippen LogP contribution in [0.4, 0.5) is 0 Å². The summed E-state index contributed by atoms with van der Waals surface area (Å²) in [4.78, 5) is 0. The molecule has 0 atom stereocenters. The van der Waals surface area contributed by atoms with Crippen molar-refractivity contribution < 1.29 is 9.47 Å². The number of nitrogens with zero attached hydrogens (tertiary/aromatic N) is 3. The van der Waals surface area contributed by atoms with Crippen LogP contribution in [0, 0.1) is 11.7 Å². The fraction of sp³-hybridized carbons (Fsp3) is 0.125. The molecular formula is C24H22N4O2S. The zero-order valence-corrected chi connectivity index (χ0v) is 18.1. The monoisotopic (exact) mass is 430 g/mol. The topological polar surface area (TPSA) is 64.4 Å². The lowest BCUT2D eigenvalue weighted by atomic mass is 10.1. The largest absolute Gasteiger partial charge is 0.493 e. The van der Waals surface area contributed by atoms with Gasteiger partial charge in [0.15, 0.2) is 17.3 Å². The maximum absolute atomic E-state index is 5.99. The molecule has 7 heteroatoms. The van der Waals surface area contributed by atoms with Crippen LogP contribution in [0.5, 0.6) is 11.5 Å². The van der Waals surface area contributed by atoms with Gasteiger partial charge in [-0.05, 0) is 48.5 Å². The van der Waals surface area contributed by atoms with E-state index in [9.17, 15) is 0 Å². The van der Waals surface area contributed by atoms with E-state index in [-0.39, 0.29) is 0 Å². The minimum atomic E-state index is 0.417. The Morgan fingerprint density at radius 2 is 1.81 bits per heavy atom. The number of aromatic nitrogens is 3. The van der Waals surface area contributed by atoms with Crippen molar-refractivity contribution in [2.24, 2.45) is 5.10 Å². The average molecular weight is 431 g/mol. The standard InChI is InChI=1S/C24H22N4O2S/c1-17-8-11-20(12-9-17)23-26-27-24(31)28(23)25-15-19-10-13-21(29-2)22(14-19)30-16-18-6-4-3-5-7-18/h3-15H,16H2,1-2H3,(H,27,31). The second kappa shape index (κ2) is 9.40. The van der Waals surface area contributed by atoms with Gasteiger partial charge in [-0.2, -0.15) is 14.9 Å². The molecule has 0 bridgehead atoms. The molecule has 1 N–H and O–H groups in total. The Bertz CT molecular complexity index is 1240. The molecule has 31 heavy (non-hydrogen) atoms. The highest BCUT2D eigenvalue weighted by Gasteiger charge is 2.09. The van der Waals surface area contributed by atoms with E-state index in [1.54, 1.807) is 18.0 Å². The molecule has 6 nitrogen and oxygen atoms in total. The predicted octanol–water partition coefficient (Wildman–Crippen LogP) is 5.39. The summed E-state index contributed by atoms with van der Waals surface area (Å²) < 4.78 is 13.4. The summed E-state index contributed by atoms with van der Waals surface area (Å²) in [7, 11) is 1.62. The molecule has 1 aromatic heterocycles. The molecule has 0 radical (unpaired) electrons. The molecule has 4 rings (SSSR count). The van der Waals surface area contributed by atoms with Crippen molar-refractivity contribution in [2.75, 3.05) is 7.11 Å². The summed E-state index contributed by atoms with van der Waals surface area (Å²) >= 11 is 5.36. The third kappa shape index (κ3) is 4.90. The van der Waals surface area contributed by atoms with Crippen LogP contribution in [0.3, 0.4) is 0 Å². The van der Waals surface area contributed by atoms with E-state index in [0.717, 1.165) is 16.7 Å². The minimum absolute atomic E-state index is 0.417. The molecule has 0 fully saturated rings. The third-order valence-corrected chi connectivity index (χ3v) is 4.97. The highest BCUT2D eigenvalue weighted by atomic mass is 32.1. The quantitative estimate of drug-likeness (QED) is 0.316. The SMILES string of the molecule is COc1ccc(C=Nn2c(-c3ccc(C)cc3)n[nH]c2=S)cc1OCc1ccccc1. The zero-order valence-electron chi connectivity index (χ0n) is 17.3. The number of hydrogen-bond donors (Lipinski definition) is 1. The summed E-state index contributed by atoms with van der Waals surface area (Å²) in [6.45, 7) is 2.49. The molecule has 0 aliphatic heterocycles. The number of rotatable bonds is 7. The molecule has 1 heterocycles. The Labute approximate surface area is 185 Å². The minimum Gasteiger partial charge on any atom is -0.493 e. The molecular weight excluding hydrogens is 408 g/mol. The second-order valence-electron chi connectivity index (χ2n) is 6.96. The van der Waals surface area contributed by atoms with Crippen molar-refractivity contribution in [3.05, 3.63) is 94.3 Å². The fourth-order valence-corrected chi connectivity index (χ4v) is 3.21. The molecule has 0 unspecified atom stereocenters. The molecule has 0 aliphatic carbocycles.